The van der Waals surface area contributed by atoms with Gasteiger partial charge in [-0.3, -0.25) is 4.79 Å². The number of benzene rings is 1. The zero-order chi connectivity index (χ0) is 11.3. The molecule has 0 saturated carbocycles. The molecule has 0 aromatic heterocycles. The van der Waals surface area contributed by atoms with Crippen molar-refractivity contribution < 1.29 is 4.79 Å². The Morgan fingerprint density at radius 2 is 2.33 bits per heavy atom. The van der Waals surface area contributed by atoms with Gasteiger partial charge >= 0.3 is 0 Å². The smallest absolute Gasteiger partial charge is 0.251 e. The van der Waals surface area contributed by atoms with Gasteiger partial charge in [0.15, 0.2) is 0 Å². The molecule has 0 aliphatic carbocycles. The first kappa shape index (κ1) is 11.9. The van der Waals surface area contributed by atoms with Crippen LogP contribution in [0.5, 0.6) is 0 Å². The minimum atomic E-state index is -0.0659. The largest absolute Gasteiger partial charge is 0.399 e. The zero-order valence-corrected chi connectivity index (χ0v) is 9.80. The Balaban J connectivity index is 2.61. The van der Waals surface area contributed by atoms with Crippen molar-refractivity contribution in [2.24, 2.45) is 0 Å². The molecule has 3 N–H and O–H groups in total. The van der Waals surface area contributed by atoms with Crippen LogP contribution in [0, 0.1) is 0 Å². The Hall–Kier alpha value is -1.16. The fraction of sp³-hybridized carbons (Fsp3) is 0.364. The Kier molecular flexibility index (Phi) is 4.49. The molecule has 1 rings (SSSR count). The molecule has 0 bridgehead atoms. The number of nitrogens with one attached hydrogen (secondary N) is 1. The van der Waals surface area contributed by atoms with Gasteiger partial charge in [-0.1, -0.05) is 6.07 Å². The molecule has 1 aromatic rings. The molecule has 0 aliphatic heterocycles. The molecule has 4 heteroatoms. The predicted octanol–water partition coefficient (Wildman–Crippen LogP) is 1.75. The summed E-state index contributed by atoms with van der Waals surface area (Å²) in [7, 11) is 0. The van der Waals surface area contributed by atoms with E-state index in [1.54, 1.807) is 36.0 Å². The topological polar surface area (TPSA) is 55.1 Å². The molecule has 0 spiro atoms. The lowest BCUT2D eigenvalue weighted by Crippen LogP contribution is -2.34. The third-order valence-electron chi connectivity index (χ3n) is 1.94. The van der Waals surface area contributed by atoms with E-state index in [-0.39, 0.29) is 11.9 Å². The predicted molar refractivity (Wildman–Crippen MR) is 66.2 cm³/mol. The summed E-state index contributed by atoms with van der Waals surface area (Å²) < 4.78 is 0. The minimum absolute atomic E-state index is 0.0659. The summed E-state index contributed by atoms with van der Waals surface area (Å²) in [4.78, 5) is 11.7. The van der Waals surface area contributed by atoms with Gasteiger partial charge in [0.25, 0.3) is 5.91 Å². The maximum Gasteiger partial charge on any atom is 0.251 e. The lowest BCUT2D eigenvalue weighted by Gasteiger charge is -2.12. The van der Waals surface area contributed by atoms with Crippen LogP contribution in [0.4, 0.5) is 5.69 Å². The Morgan fingerprint density at radius 1 is 1.60 bits per heavy atom. The van der Waals surface area contributed by atoms with Crippen molar-refractivity contribution in [3.05, 3.63) is 29.8 Å². The quantitative estimate of drug-likeness (QED) is 0.766. The van der Waals surface area contributed by atoms with Crippen LogP contribution in [-0.2, 0) is 0 Å². The zero-order valence-electron chi connectivity index (χ0n) is 8.99. The molecule has 1 amide bonds. The highest BCUT2D eigenvalue weighted by molar-refractivity contribution is 7.98. The number of rotatable bonds is 4. The number of thioether (sulfide) groups is 1. The van der Waals surface area contributed by atoms with E-state index in [2.05, 4.69) is 5.32 Å². The van der Waals surface area contributed by atoms with Crippen LogP contribution >= 0.6 is 11.8 Å². The van der Waals surface area contributed by atoms with E-state index in [0.717, 1.165) is 5.75 Å². The second kappa shape index (κ2) is 5.66. The van der Waals surface area contributed by atoms with E-state index in [4.69, 9.17) is 5.73 Å². The molecule has 0 heterocycles. The summed E-state index contributed by atoms with van der Waals surface area (Å²) in [6.07, 6.45) is 2.02. The second-order valence-corrected chi connectivity index (χ2v) is 4.37. The van der Waals surface area contributed by atoms with Gasteiger partial charge in [-0.2, -0.15) is 11.8 Å². The first-order valence-electron chi connectivity index (χ1n) is 4.79. The molecule has 82 valence electrons. The van der Waals surface area contributed by atoms with Gasteiger partial charge in [0, 0.05) is 23.0 Å². The van der Waals surface area contributed by atoms with E-state index < -0.39 is 0 Å². The SMILES string of the molecule is CSCC(C)NC(=O)c1cccc(N)c1. The molecule has 1 aromatic carbocycles. The normalized spacial score (nSPS) is 12.1. The Morgan fingerprint density at radius 3 is 2.93 bits per heavy atom. The third-order valence-corrected chi connectivity index (χ3v) is 2.78. The molecule has 0 radical (unpaired) electrons. The van der Waals surface area contributed by atoms with Crippen molar-refractivity contribution in [2.45, 2.75) is 13.0 Å². The van der Waals surface area contributed by atoms with Crippen molar-refractivity contribution in [3.63, 3.8) is 0 Å². The van der Waals surface area contributed by atoms with Gasteiger partial charge in [-0.25, -0.2) is 0 Å². The number of hydrogen-bond donors (Lipinski definition) is 2. The van der Waals surface area contributed by atoms with Crippen molar-refractivity contribution in [1.82, 2.24) is 5.32 Å². The lowest BCUT2D eigenvalue weighted by atomic mass is 10.2. The molecule has 3 nitrogen and oxygen atoms in total. The summed E-state index contributed by atoms with van der Waals surface area (Å²) in [5, 5.41) is 2.91. The highest BCUT2D eigenvalue weighted by Crippen LogP contribution is 2.07. The number of hydrogen-bond acceptors (Lipinski definition) is 3. The van der Waals surface area contributed by atoms with E-state index in [9.17, 15) is 4.79 Å². The first-order valence-corrected chi connectivity index (χ1v) is 6.18. The number of nitrogens with two attached hydrogens (primary N) is 1. The third kappa shape index (κ3) is 3.83. The fourth-order valence-electron chi connectivity index (χ4n) is 1.28. The van der Waals surface area contributed by atoms with Crippen LogP contribution in [0.2, 0.25) is 0 Å². The van der Waals surface area contributed by atoms with Crippen LogP contribution < -0.4 is 11.1 Å². The van der Waals surface area contributed by atoms with Crippen molar-refractivity contribution in [3.8, 4) is 0 Å². The van der Waals surface area contributed by atoms with E-state index in [0.29, 0.717) is 11.3 Å². The highest BCUT2D eigenvalue weighted by atomic mass is 32.2. The van der Waals surface area contributed by atoms with Gasteiger partial charge in [-0.15, -0.1) is 0 Å². The molecule has 0 saturated heterocycles. The van der Waals surface area contributed by atoms with Crippen molar-refractivity contribution >= 4 is 23.4 Å². The molecular weight excluding hydrogens is 208 g/mol. The summed E-state index contributed by atoms with van der Waals surface area (Å²) >= 11 is 1.71. The molecule has 0 aliphatic rings. The molecule has 1 unspecified atom stereocenters. The van der Waals surface area contributed by atoms with Crippen LogP contribution in [0.3, 0.4) is 0 Å². The fourth-order valence-corrected chi connectivity index (χ4v) is 1.86. The number of carbonyl (C=O) groups excluding carboxylic acids is 1. The second-order valence-electron chi connectivity index (χ2n) is 3.46. The van der Waals surface area contributed by atoms with Gasteiger partial charge < -0.3 is 11.1 Å². The number of anilines is 1. The van der Waals surface area contributed by atoms with Gasteiger partial charge in [0.1, 0.15) is 0 Å². The van der Waals surface area contributed by atoms with Crippen LogP contribution in [0.15, 0.2) is 24.3 Å². The summed E-state index contributed by atoms with van der Waals surface area (Å²) in [5.41, 5.74) is 6.83. The average molecular weight is 224 g/mol. The highest BCUT2D eigenvalue weighted by Gasteiger charge is 2.08. The van der Waals surface area contributed by atoms with E-state index >= 15 is 0 Å². The summed E-state index contributed by atoms with van der Waals surface area (Å²) in [6.45, 7) is 1.99. The Bertz CT molecular complexity index is 341. The molecular formula is C11H16N2OS. The summed E-state index contributed by atoms with van der Waals surface area (Å²) in [5.74, 6) is 0.845. The molecule has 15 heavy (non-hydrogen) atoms. The summed E-state index contributed by atoms with van der Waals surface area (Å²) in [6, 6.07) is 7.17. The standard InChI is InChI=1S/C11H16N2OS/c1-8(7-15-2)13-11(14)9-4-3-5-10(12)6-9/h3-6,8H,7,12H2,1-2H3,(H,13,14). The lowest BCUT2D eigenvalue weighted by molar-refractivity contribution is 0.0944. The van der Waals surface area contributed by atoms with Gasteiger partial charge in [-0.05, 0) is 31.4 Å². The van der Waals surface area contributed by atoms with Crippen LogP contribution in [-0.4, -0.2) is 24.0 Å². The first-order chi connectivity index (χ1) is 7.13. The molecule has 0 fully saturated rings. The van der Waals surface area contributed by atoms with E-state index in [1.165, 1.54) is 0 Å². The average Bonchev–Trinajstić information content (AvgIpc) is 2.18. The maximum absolute atomic E-state index is 11.7. The van der Waals surface area contributed by atoms with Crippen LogP contribution in [0.1, 0.15) is 17.3 Å². The van der Waals surface area contributed by atoms with E-state index in [1.807, 2.05) is 13.2 Å². The molecule has 1 atom stereocenters. The number of nitrogen functional groups attached to an aromatic ring is 1. The van der Waals surface area contributed by atoms with Crippen molar-refractivity contribution in [1.29, 1.82) is 0 Å². The number of amides is 1. The minimum Gasteiger partial charge on any atom is -0.399 e. The van der Waals surface area contributed by atoms with Crippen molar-refractivity contribution in [2.75, 3.05) is 17.7 Å². The Labute approximate surface area is 94.4 Å². The monoisotopic (exact) mass is 224 g/mol. The van der Waals surface area contributed by atoms with Crippen LogP contribution in [0.25, 0.3) is 0 Å². The maximum atomic E-state index is 11.7. The number of carbonyl (C=O) groups is 1. The van der Waals surface area contributed by atoms with Gasteiger partial charge in [0.2, 0.25) is 0 Å². The van der Waals surface area contributed by atoms with Gasteiger partial charge in [0.05, 0.1) is 0 Å².